The summed E-state index contributed by atoms with van der Waals surface area (Å²) in [5.74, 6) is 0.517. The number of nitrogens with zero attached hydrogens (tertiary/aromatic N) is 2. The Morgan fingerprint density at radius 2 is 2.06 bits per heavy atom. The summed E-state index contributed by atoms with van der Waals surface area (Å²) >= 11 is 1.68. The number of nitrogens with two attached hydrogens (primary N) is 1. The van der Waals surface area contributed by atoms with E-state index in [4.69, 9.17) is 11.0 Å². The molecule has 1 aromatic carbocycles. The van der Waals surface area contributed by atoms with Crippen molar-refractivity contribution in [2.75, 3.05) is 17.3 Å². The number of rotatable bonds is 3. The maximum Gasteiger partial charge on any atom is 0.148 e. The van der Waals surface area contributed by atoms with Gasteiger partial charge in [-0.05, 0) is 36.6 Å². The van der Waals surface area contributed by atoms with E-state index in [0.29, 0.717) is 17.1 Å². The summed E-state index contributed by atoms with van der Waals surface area (Å²) in [6, 6.07) is 11.6. The average molecular weight is 256 g/mol. The standard InChI is InChI=1S/C13H12N4S/c1-18-12-4-2-11(3-5-12)17-13-9(7-14)6-10(15)8-16-13/h2-6,8H,15H2,1H3,(H,16,17). The predicted molar refractivity (Wildman–Crippen MR) is 74.9 cm³/mol. The van der Waals surface area contributed by atoms with Crippen LogP contribution in [0.4, 0.5) is 17.2 Å². The van der Waals surface area contributed by atoms with Gasteiger partial charge in [-0.1, -0.05) is 0 Å². The number of hydrogen-bond acceptors (Lipinski definition) is 5. The topological polar surface area (TPSA) is 74.7 Å². The Balaban J connectivity index is 2.25. The van der Waals surface area contributed by atoms with E-state index in [9.17, 15) is 0 Å². The van der Waals surface area contributed by atoms with Crippen molar-refractivity contribution in [2.45, 2.75) is 4.90 Å². The van der Waals surface area contributed by atoms with E-state index in [1.54, 1.807) is 17.8 Å². The van der Waals surface area contributed by atoms with Gasteiger partial charge in [-0.25, -0.2) is 4.98 Å². The van der Waals surface area contributed by atoms with Crippen molar-refractivity contribution in [1.82, 2.24) is 4.98 Å². The number of hydrogen-bond donors (Lipinski definition) is 2. The van der Waals surface area contributed by atoms with E-state index >= 15 is 0 Å². The van der Waals surface area contributed by atoms with Gasteiger partial charge in [0.25, 0.3) is 0 Å². The van der Waals surface area contributed by atoms with Crippen LogP contribution in [0.15, 0.2) is 41.4 Å². The molecule has 0 saturated carbocycles. The Kier molecular flexibility index (Phi) is 3.70. The third-order valence-corrected chi connectivity index (χ3v) is 3.13. The highest BCUT2D eigenvalue weighted by molar-refractivity contribution is 7.98. The predicted octanol–water partition coefficient (Wildman–Crippen LogP) is 3.00. The SMILES string of the molecule is CSc1ccc(Nc2ncc(N)cc2C#N)cc1. The van der Waals surface area contributed by atoms with E-state index in [1.165, 1.54) is 11.1 Å². The van der Waals surface area contributed by atoms with Gasteiger partial charge in [0.05, 0.1) is 17.4 Å². The first kappa shape index (κ1) is 12.3. The Bertz CT molecular complexity index is 587. The summed E-state index contributed by atoms with van der Waals surface area (Å²) in [4.78, 5) is 5.31. The van der Waals surface area contributed by atoms with Gasteiger partial charge < -0.3 is 11.1 Å². The highest BCUT2D eigenvalue weighted by Crippen LogP contribution is 2.22. The average Bonchev–Trinajstić information content (AvgIpc) is 2.41. The molecule has 0 radical (unpaired) electrons. The molecule has 0 aliphatic heterocycles. The minimum Gasteiger partial charge on any atom is -0.397 e. The molecule has 1 aromatic heterocycles. The number of anilines is 3. The number of nitrogens with one attached hydrogen (secondary N) is 1. The fourth-order valence-corrected chi connectivity index (χ4v) is 1.89. The van der Waals surface area contributed by atoms with Crippen molar-refractivity contribution in [3.63, 3.8) is 0 Å². The highest BCUT2D eigenvalue weighted by Gasteiger charge is 2.04. The molecule has 3 N–H and O–H groups in total. The summed E-state index contributed by atoms with van der Waals surface area (Å²) < 4.78 is 0. The molecule has 18 heavy (non-hydrogen) atoms. The van der Waals surface area contributed by atoms with Crippen LogP contribution in [0.3, 0.4) is 0 Å². The summed E-state index contributed by atoms with van der Waals surface area (Å²) in [5.41, 5.74) is 7.40. The minimum absolute atomic E-state index is 0.434. The minimum atomic E-state index is 0.434. The summed E-state index contributed by atoms with van der Waals surface area (Å²) in [5, 5.41) is 12.1. The van der Waals surface area contributed by atoms with Crippen LogP contribution < -0.4 is 11.1 Å². The molecule has 5 heteroatoms. The lowest BCUT2D eigenvalue weighted by atomic mass is 10.2. The largest absolute Gasteiger partial charge is 0.397 e. The highest BCUT2D eigenvalue weighted by atomic mass is 32.2. The molecule has 0 unspecified atom stereocenters. The number of thioether (sulfide) groups is 1. The van der Waals surface area contributed by atoms with Gasteiger partial charge in [0.15, 0.2) is 0 Å². The normalized spacial score (nSPS) is 9.78. The lowest BCUT2D eigenvalue weighted by Gasteiger charge is -2.08. The van der Waals surface area contributed by atoms with Crippen molar-refractivity contribution >= 4 is 29.0 Å². The van der Waals surface area contributed by atoms with Crippen molar-refractivity contribution in [2.24, 2.45) is 0 Å². The fraction of sp³-hybridized carbons (Fsp3) is 0.0769. The zero-order valence-electron chi connectivity index (χ0n) is 9.84. The molecular formula is C13H12N4S. The van der Waals surface area contributed by atoms with Gasteiger partial charge in [-0.15, -0.1) is 11.8 Å². The van der Waals surface area contributed by atoms with Crippen molar-refractivity contribution in [3.05, 3.63) is 42.1 Å². The maximum atomic E-state index is 9.01. The van der Waals surface area contributed by atoms with Crippen LogP contribution in [0.2, 0.25) is 0 Å². The molecule has 1 heterocycles. The molecule has 0 bridgehead atoms. The fourth-order valence-electron chi connectivity index (χ4n) is 1.48. The van der Waals surface area contributed by atoms with Crippen LogP contribution in [0.25, 0.3) is 0 Å². The van der Waals surface area contributed by atoms with Crippen molar-refractivity contribution in [1.29, 1.82) is 5.26 Å². The van der Waals surface area contributed by atoms with Gasteiger partial charge in [-0.2, -0.15) is 5.26 Å². The summed E-state index contributed by atoms with van der Waals surface area (Å²) in [6.45, 7) is 0. The van der Waals surface area contributed by atoms with E-state index in [1.807, 2.05) is 30.5 Å². The van der Waals surface area contributed by atoms with E-state index in [-0.39, 0.29) is 0 Å². The van der Waals surface area contributed by atoms with Gasteiger partial charge in [0.2, 0.25) is 0 Å². The molecule has 0 atom stereocenters. The van der Waals surface area contributed by atoms with Gasteiger partial charge in [0, 0.05) is 10.6 Å². The number of nitrogen functional groups attached to an aromatic ring is 1. The van der Waals surface area contributed by atoms with Gasteiger partial charge in [0.1, 0.15) is 11.9 Å². The lowest BCUT2D eigenvalue weighted by Crippen LogP contribution is -1.98. The van der Waals surface area contributed by atoms with Crippen LogP contribution in [-0.2, 0) is 0 Å². The molecule has 90 valence electrons. The molecule has 0 aliphatic rings. The lowest BCUT2D eigenvalue weighted by molar-refractivity contribution is 1.28. The van der Waals surface area contributed by atoms with Crippen LogP contribution in [0.5, 0.6) is 0 Å². The number of nitriles is 1. The zero-order valence-corrected chi connectivity index (χ0v) is 10.7. The third kappa shape index (κ3) is 2.73. The zero-order chi connectivity index (χ0) is 13.0. The monoisotopic (exact) mass is 256 g/mol. The summed E-state index contributed by atoms with van der Waals surface area (Å²) in [6.07, 6.45) is 3.55. The molecule has 4 nitrogen and oxygen atoms in total. The van der Waals surface area contributed by atoms with Gasteiger partial charge in [-0.3, -0.25) is 0 Å². The maximum absolute atomic E-state index is 9.01. The van der Waals surface area contributed by atoms with Crippen molar-refractivity contribution in [3.8, 4) is 6.07 Å². The second kappa shape index (κ2) is 5.43. The Hall–Kier alpha value is -2.19. The molecule has 0 saturated heterocycles. The second-order valence-corrected chi connectivity index (χ2v) is 4.51. The smallest absolute Gasteiger partial charge is 0.148 e. The molecule has 0 fully saturated rings. The number of benzene rings is 1. The van der Waals surface area contributed by atoms with E-state index in [2.05, 4.69) is 16.4 Å². The molecular weight excluding hydrogens is 244 g/mol. The Labute approximate surface area is 110 Å². The Morgan fingerprint density at radius 1 is 1.33 bits per heavy atom. The first-order chi connectivity index (χ1) is 8.72. The number of aromatic nitrogens is 1. The van der Waals surface area contributed by atoms with Crippen molar-refractivity contribution < 1.29 is 0 Å². The van der Waals surface area contributed by atoms with Crippen LogP contribution in [0, 0.1) is 11.3 Å². The molecule has 2 rings (SSSR count). The summed E-state index contributed by atoms with van der Waals surface area (Å²) in [7, 11) is 0. The van der Waals surface area contributed by atoms with Gasteiger partial charge >= 0.3 is 0 Å². The first-order valence-electron chi connectivity index (χ1n) is 5.29. The van der Waals surface area contributed by atoms with E-state index < -0.39 is 0 Å². The number of pyridine rings is 1. The second-order valence-electron chi connectivity index (χ2n) is 3.63. The molecule has 2 aromatic rings. The quantitative estimate of drug-likeness (QED) is 0.826. The molecule has 0 aliphatic carbocycles. The molecule has 0 spiro atoms. The van der Waals surface area contributed by atoms with Crippen LogP contribution >= 0.6 is 11.8 Å². The Morgan fingerprint density at radius 3 is 2.67 bits per heavy atom. The van der Waals surface area contributed by atoms with E-state index in [0.717, 1.165) is 5.69 Å². The van der Waals surface area contributed by atoms with Crippen LogP contribution in [0.1, 0.15) is 5.56 Å². The first-order valence-corrected chi connectivity index (χ1v) is 6.52. The van der Waals surface area contributed by atoms with Crippen LogP contribution in [-0.4, -0.2) is 11.2 Å². The third-order valence-electron chi connectivity index (χ3n) is 2.38. The molecule has 0 amide bonds.